The molecule has 0 saturated carbocycles. The van der Waals surface area contributed by atoms with Gasteiger partial charge >= 0.3 is 6.09 Å². The van der Waals surface area contributed by atoms with Gasteiger partial charge in [0, 0.05) is 18.7 Å². The molecule has 5 rings (SSSR count). The molecule has 2 amide bonds. The smallest absolute Gasteiger partial charge is 0.410 e. The zero-order chi connectivity index (χ0) is 26.1. The molecule has 0 fully saturated rings. The standard InChI is InChI=1S/C28H26Cl2N2O5/c1-16(2)36-28(34)32-10-9-19-12-24-25(13-20(19)14-32)37-26(27(33)31-24)18-4-6-21(7-5-18)35-15-17-3-8-22(29)23(30)11-17/h3-8,11-13,16,26H,9-10,14-15H2,1-2H3,(H,31,33). The molecule has 0 aliphatic carbocycles. The Morgan fingerprint density at radius 3 is 2.59 bits per heavy atom. The van der Waals surface area contributed by atoms with Crippen LogP contribution in [0.3, 0.4) is 0 Å². The number of benzene rings is 3. The molecule has 2 heterocycles. The number of carbonyl (C=O) groups excluding carboxylic acids is 2. The molecule has 0 aromatic heterocycles. The number of fused-ring (bicyclic) bond motifs is 2. The lowest BCUT2D eigenvalue weighted by Crippen LogP contribution is -2.38. The largest absolute Gasteiger partial charge is 0.489 e. The minimum atomic E-state index is -0.805. The zero-order valence-electron chi connectivity index (χ0n) is 20.4. The summed E-state index contributed by atoms with van der Waals surface area (Å²) in [7, 11) is 0. The Bertz CT molecular complexity index is 1340. The Balaban J connectivity index is 1.27. The molecule has 37 heavy (non-hydrogen) atoms. The van der Waals surface area contributed by atoms with E-state index in [0.717, 1.165) is 16.7 Å². The summed E-state index contributed by atoms with van der Waals surface area (Å²) >= 11 is 12.0. The van der Waals surface area contributed by atoms with Gasteiger partial charge in [0.25, 0.3) is 5.91 Å². The van der Waals surface area contributed by atoms with Gasteiger partial charge in [-0.3, -0.25) is 4.79 Å². The molecule has 0 saturated heterocycles. The Morgan fingerprint density at radius 2 is 1.86 bits per heavy atom. The highest BCUT2D eigenvalue weighted by Gasteiger charge is 2.31. The lowest BCUT2D eigenvalue weighted by Gasteiger charge is -2.32. The second kappa shape index (κ2) is 10.5. The number of hydrogen-bond donors (Lipinski definition) is 1. The van der Waals surface area contributed by atoms with Crippen molar-refractivity contribution >= 4 is 40.9 Å². The quantitative estimate of drug-likeness (QED) is 0.397. The fourth-order valence-corrected chi connectivity index (χ4v) is 4.67. The third-order valence-corrected chi connectivity index (χ3v) is 6.96. The molecule has 9 heteroatoms. The molecule has 2 aliphatic rings. The monoisotopic (exact) mass is 540 g/mol. The van der Waals surface area contributed by atoms with Crippen LogP contribution in [0.15, 0.2) is 54.6 Å². The number of anilines is 1. The molecule has 7 nitrogen and oxygen atoms in total. The predicted octanol–water partition coefficient (Wildman–Crippen LogP) is 6.55. The summed E-state index contributed by atoms with van der Waals surface area (Å²) in [5.41, 5.74) is 4.29. The van der Waals surface area contributed by atoms with E-state index >= 15 is 0 Å². The number of amides is 2. The first kappa shape index (κ1) is 25.2. The maximum Gasteiger partial charge on any atom is 0.410 e. The third kappa shape index (κ3) is 5.63. The fourth-order valence-electron chi connectivity index (χ4n) is 4.35. The van der Waals surface area contributed by atoms with Gasteiger partial charge < -0.3 is 24.4 Å². The second-order valence-corrected chi connectivity index (χ2v) is 10.1. The van der Waals surface area contributed by atoms with E-state index in [1.165, 1.54) is 0 Å². The van der Waals surface area contributed by atoms with Crippen molar-refractivity contribution < 1.29 is 23.8 Å². The molecule has 2 aliphatic heterocycles. The molecule has 1 unspecified atom stereocenters. The molecule has 0 bridgehead atoms. The third-order valence-electron chi connectivity index (χ3n) is 6.22. The SMILES string of the molecule is CC(C)OC(=O)N1CCc2cc3c(cc2C1)OC(c1ccc(OCc2ccc(Cl)c(Cl)c2)cc1)C(=O)N3. The van der Waals surface area contributed by atoms with Crippen LogP contribution in [0.25, 0.3) is 0 Å². The van der Waals surface area contributed by atoms with Crippen LogP contribution in [0.2, 0.25) is 10.0 Å². The molecular formula is C28H26Cl2N2O5. The minimum absolute atomic E-state index is 0.176. The molecular weight excluding hydrogens is 515 g/mol. The van der Waals surface area contributed by atoms with Crippen LogP contribution < -0.4 is 14.8 Å². The highest BCUT2D eigenvalue weighted by atomic mass is 35.5. The van der Waals surface area contributed by atoms with Crippen molar-refractivity contribution in [3.05, 3.63) is 86.9 Å². The first-order chi connectivity index (χ1) is 17.8. The molecule has 0 spiro atoms. The Morgan fingerprint density at radius 1 is 1.08 bits per heavy atom. The summed E-state index contributed by atoms with van der Waals surface area (Å²) in [5.74, 6) is 0.978. The van der Waals surface area contributed by atoms with E-state index in [4.69, 9.17) is 37.4 Å². The number of ether oxygens (including phenoxy) is 3. The fraction of sp³-hybridized carbons (Fsp3) is 0.286. The topological polar surface area (TPSA) is 77.1 Å². The number of nitrogens with zero attached hydrogens (tertiary/aromatic N) is 1. The summed E-state index contributed by atoms with van der Waals surface area (Å²) in [5, 5.41) is 3.94. The maximum absolute atomic E-state index is 12.9. The van der Waals surface area contributed by atoms with Crippen molar-refractivity contribution in [1.29, 1.82) is 0 Å². The lowest BCUT2D eigenvalue weighted by molar-refractivity contribution is -0.123. The van der Waals surface area contributed by atoms with Crippen molar-refractivity contribution in [3.8, 4) is 11.5 Å². The van der Waals surface area contributed by atoms with Gasteiger partial charge in [-0.15, -0.1) is 0 Å². The predicted molar refractivity (Wildman–Crippen MR) is 141 cm³/mol. The summed E-state index contributed by atoms with van der Waals surface area (Å²) in [6, 6.07) is 16.4. The highest BCUT2D eigenvalue weighted by molar-refractivity contribution is 6.42. The summed E-state index contributed by atoms with van der Waals surface area (Å²) in [6.07, 6.45) is -0.629. The normalized spacial score (nSPS) is 16.4. The average Bonchev–Trinajstić information content (AvgIpc) is 2.87. The van der Waals surface area contributed by atoms with Crippen LogP contribution in [0, 0.1) is 0 Å². The van der Waals surface area contributed by atoms with Crippen LogP contribution in [-0.2, 0) is 29.1 Å². The Labute approximate surface area is 225 Å². The summed E-state index contributed by atoms with van der Waals surface area (Å²) in [4.78, 5) is 26.9. The zero-order valence-corrected chi connectivity index (χ0v) is 21.9. The van der Waals surface area contributed by atoms with Crippen LogP contribution >= 0.6 is 23.2 Å². The van der Waals surface area contributed by atoms with Crippen LogP contribution in [0.4, 0.5) is 10.5 Å². The van der Waals surface area contributed by atoms with Crippen LogP contribution in [0.5, 0.6) is 11.5 Å². The first-order valence-corrected chi connectivity index (χ1v) is 12.8. The van der Waals surface area contributed by atoms with E-state index in [0.29, 0.717) is 58.9 Å². The number of halogens is 2. The number of nitrogens with one attached hydrogen (secondary N) is 1. The van der Waals surface area contributed by atoms with Gasteiger partial charge in [0.2, 0.25) is 6.10 Å². The summed E-state index contributed by atoms with van der Waals surface area (Å²) in [6.45, 7) is 4.99. The van der Waals surface area contributed by atoms with E-state index in [1.54, 1.807) is 29.2 Å². The molecule has 3 aromatic carbocycles. The van der Waals surface area contributed by atoms with Crippen LogP contribution in [-0.4, -0.2) is 29.5 Å². The Kier molecular flexibility index (Phi) is 7.17. The van der Waals surface area contributed by atoms with Crippen molar-refractivity contribution in [2.75, 3.05) is 11.9 Å². The van der Waals surface area contributed by atoms with E-state index < -0.39 is 6.10 Å². The van der Waals surface area contributed by atoms with Gasteiger partial charge in [0.1, 0.15) is 18.1 Å². The average molecular weight is 541 g/mol. The maximum atomic E-state index is 12.9. The van der Waals surface area contributed by atoms with Gasteiger partial charge in [0.15, 0.2) is 0 Å². The Hall–Kier alpha value is -3.42. The first-order valence-electron chi connectivity index (χ1n) is 12.0. The molecule has 0 radical (unpaired) electrons. The van der Waals surface area contributed by atoms with E-state index in [9.17, 15) is 9.59 Å². The lowest BCUT2D eigenvalue weighted by atomic mass is 9.97. The minimum Gasteiger partial charge on any atom is -0.489 e. The van der Waals surface area contributed by atoms with E-state index in [-0.39, 0.29) is 18.1 Å². The van der Waals surface area contributed by atoms with Gasteiger partial charge in [0.05, 0.1) is 21.8 Å². The van der Waals surface area contributed by atoms with Crippen molar-refractivity contribution in [2.45, 2.75) is 45.6 Å². The van der Waals surface area contributed by atoms with Crippen LogP contribution in [0.1, 0.15) is 42.2 Å². The number of rotatable bonds is 5. The second-order valence-electron chi connectivity index (χ2n) is 9.31. The molecule has 3 aromatic rings. The van der Waals surface area contributed by atoms with Gasteiger partial charge in [-0.05, 0) is 73.4 Å². The highest BCUT2D eigenvalue weighted by Crippen LogP contribution is 2.39. The molecule has 192 valence electrons. The summed E-state index contributed by atoms with van der Waals surface area (Å²) < 4.78 is 17.3. The number of carbonyl (C=O) groups is 2. The van der Waals surface area contributed by atoms with Gasteiger partial charge in [-0.2, -0.15) is 0 Å². The van der Waals surface area contributed by atoms with E-state index in [2.05, 4.69) is 5.32 Å². The van der Waals surface area contributed by atoms with Crippen molar-refractivity contribution in [2.24, 2.45) is 0 Å². The van der Waals surface area contributed by atoms with Crippen molar-refractivity contribution in [1.82, 2.24) is 4.90 Å². The molecule has 1 atom stereocenters. The van der Waals surface area contributed by atoms with E-state index in [1.807, 2.05) is 44.2 Å². The van der Waals surface area contributed by atoms with Gasteiger partial charge in [-0.1, -0.05) is 41.4 Å². The molecule has 1 N–H and O–H groups in total. The number of hydrogen-bond acceptors (Lipinski definition) is 5. The van der Waals surface area contributed by atoms with Crippen molar-refractivity contribution in [3.63, 3.8) is 0 Å². The van der Waals surface area contributed by atoms with Gasteiger partial charge in [-0.25, -0.2) is 4.79 Å².